The number of carbonyl (C=O) groups is 2. The van der Waals surface area contributed by atoms with E-state index in [1.54, 1.807) is 41.3 Å². The average molecular weight is 628 g/mol. The normalized spacial score (nSPS) is 11.9. The first-order valence-electron chi connectivity index (χ1n) is 14.7. The molecule has 1 N–H and O–H groups in total. The van der Waals surface area contributed by atoms with Gasteiger partial charge in [-0.2, -0.15) is 0 Å². The summed E-state index contributed by atoms with van der Waals surface area (Å²) in [6.07, 6.45) is 3.57. The Bertz CT molecular complexity index is 1420. The van der Waals surface area contributed by atoms with Gasteiger partial charge in [-0.05, 0) is 67.3 Å². The maximum Gasteiger partial charge on any atom is 0.243 e. The van der Waals surface area contributed by atoms with E-state index in [0.717, 1.165) is 30.2 Å². The predicted molar refractivity (Wildman–Crippen MR) is 173 cm³/mol. The smallest absolute Gasteiger partial charge is 0.243 e. The van der Waals surface area contributed by atoms with Crippen molar-refractivity contribution in [1.29, 1.82) is 0 Å². The van der Waals surface area contributed by atoms with Gasteiger partial charge in [-0.25, -0.2) is 8.42 Å². The van der Waals surface area contributed by atoms with Crippen molar-refractivity contribution in [2.45, 2.75) is 58.5 Å². The first-order chi connectivity index (χ1) is 20.6. The summed E-state index contributed by atoms with van der Waals surface area (Å²) in [6, 6.07) is 22.9. The molecule has 0 radical (unpaired) electrons. The number of halogens is 1. The van der Waals surface area contributed by atoms with E-state index in [0.29, 0.717) is 36.0 Å². The monoisotopic (exact) mass is 627 g/mol. The molecule has 3 aromatic carbocycles. The quantitative estimate of drug-likeness (QED) is 0.190. The van der Waals surface area contributed by atoms with Crippen LogP contribution < -0.4 is 14.4 Å². The highest BCUT2D eigenvalue weighted by atomic mass is 35.5. The molecule has 0 bridgehead atoms. The maximum atomic E-state index is 13.9. The van der Waals surface area contributed by atoms with Crippen LogP contribution in [-0.4, -0.2) is 57.1 Å². The molecule has 0 fully saturated rings. The molecule has 0 spiro atoms. The van der Waals surface area contributed by atoms with Gasteiger partial charge in [-0.3, -0.25) is 13.9 Å². The van der Waals surface area contributed by atoms with Gasteiger partial charge < -0.3 is 15.0 Å². The Balaban J connectivity index is 1.85. The van der Waals surface area contributed by atoms with Crippen LogP contribution in [0.4, 0.5) is 5.69 Å². The third kappa shape index (κ3) is 10.9. The number of hydrogen-bond donors (Lipinski definition) is 1. The minimum Gasteiger partial charge on any atom is -0.494 e. The third-order valence-electron chi connectivity index (χ3n) is 6.93. The highest BCUT2D eigenvalue weighted by Gasteiger charge is 2.30. The molecule has 43 heavy (non-hydrogen) atoms. The van der Waals surface area contributed by atoms with Crippen molar-refractivity contribution in [2.24, 2.45) is 0 Å². The second-order valence-corrected chi connectivity index (χ2v) is 12.7. The molecule has 0 aliphatic rings. The SMILES string of the molecule is CCCCNC(=O)[C@H](Cc1ccccc1)N(Cc1cccc(Cl)c1)C(=O)CCCN(c1ccc(OCC)cc1)S(C)(=O)=O. The number of sulfonamides is 1. The van der Waals surface area contributed by atoms with E-state index < -0.39 is 16.1 Å². The molecule has 0 aromatic heterocycles. The fourth-order valence-electron chi connectivity index (χ4n) is 4.77. The maximum absolute atomic E-state index is 13.9. The molecule has 10 heteroatoms. The molecule has 0 heterocycles. The highest BCUT2D eigenvalue weighted by Crippen LogP contribution is 2.23. The number of anilines is 1. The minimum absolute atomic E-state index is 0.0527. The van der Waals surface area contributed by atoms with Crippen LogP contribution in [0.25, 0.3) is 0 Å². The molecule has 0 saturated carbocycles. The lowest BCUT2D eigenvalue weighted by molar-refractivity contribution is -0.141. The molecule has 1 atom stereocenters. The molecule has 232 valence electrons. The lowest BCUT2D eigenvalue weighted by Crippen LogP contribution is -2.50. The summed E-state index contributed by atoms with van der Waals surface area (Å²) in [5.41, 5.74) is 2.22. The largest absolute Gasteiger partial charge is 0.494 e. The van der Waals surface area contributed by atoms with Crippen LogP contribution in [0.5, 0.6) is 5.75 Å². The molecule has 2 amide bonds. The van der Waals surface area contributed by atoms with Crippen LogP contribution in [-0.2, 0) is 32.6 Å². The van der Waals surface area contributed by atoms with Gasteiger partial charge in [0.25, 0.3) is 0 Å². The Morgan fingerprint density at radius 3 is 2.26 bits per heavy atom. The van der Waals surface area contributed by atoms with Gasteiger partial charge in [0.2, 0.25) is 21.8 Å². The van der Waals surface area contributed by atoms with E-state index in [1.165, 1.54) is 4.31 Å². The Morgan fingerprint density at radius 1 is 0.930 bits per heavy atom. The van der Waals surface area contributed by atoms with Gasteiger partial charge in [-0.1, -0.05) is 67.4 Å². The zero-order chi connectivity index (χ0) is 31.2. The van der Waals surface area contributed by atoms with Crippen molar-refractivity contribution in [3.8, 4) is 5.75 Å². The molecule has 3 aromatic rings. The first kappa shape index (κ1) is 33.9. The molecule has 0 aliphatic heterocycles. The van der Waals surface area contributed by atoms with Gasteiger partial charge in [0.15, 0.2) is 0 Å². The molecular formula is C33H42ClN3O5S. The number of rotatable bonds is 17. The van der Waals surface area contributed by atoms with Gasteiger partial charge in [-0.15, -0.1) is 0 Å². The summed E-state index contributed by atoms with van der Waals surface area (Å²) in [5, 5.41) is 3.55. The number of hydrogen-bond acceptors (Lipinski definition) is 5. The van der Waals surface area contributed by atoms with Crippen LogP contribution in [0.2, 0.25) is 5.02 Å². The number of unbranched alkanes of at least 4 members (excludes halogenated alkanes) is 1. The number of carbonyl (C=O) groups excluding carboxylic acids is 2. The lowest BCUT2D eigenvalue weighted by Gasteiger charge is -2.32. The number of nitrogens with zero attached hydrogens (tertiary/aromatic N) is 2. The first-order valence-corrected chi connectivity index (χ1v) is 16.9. The van der Waals surface area contributed by atoms with Gasteiger partial charge in [0.05, 0.1) is 18.6 Å². The van der Waals surface area contributed by atoms with Crippen LogP contribution in [0.15, 0.2) is 78.9 Å². The number of nitrogens with one attached hydrogen (secondary N) is 1. The molecule has 8 nitrogen and oxygen atoms in total. The van der Waals surface area contributed by atoms with Crippen LogP contribution in [0.3, 0.4) is 0 Å². The fraction of sp³-hybridized carbons (Fsp3) is 0.394. The van der Waals surface area contributed by atoms with E-state index >= 15 is 0 Å². The zero-order valence-electron chi connectivity index (χ0n) is 25.2. The van der Waals surface area contributed by atoms with Gasteiger partial charge in [0.1, 0.15) is 11.8 Å². The Morgan fingerprint density at radius 2 is 1.63 bits per heavy atom. The van der Waals surface area contributed by atoms with Gasteiger partial charge >= 0.3 is 0 Å². The topological polar surface area (TPSA) is 96.0 Å². The second kappa shape index (κ2) is 16.9. The molecule has 0 unspecified atom stereocenters. The number of ether oxygens (including phenoxy) is 1. The zero-order valence-corrected chi connectivity index (χ0v) is 26.7. The van der Waals surface area contributed by atoms with Crippen LogP contribution in [0.1, 0.15) is 50.7 Å². The van der Waals surface area contributed by atoms with E-state index in [-0.39, 0.29) is 37.7 Å². The van der Waals surface area contributed by atoms with E-state index in [2.05, 4.69) is 12.2 Å². The van der Waals surface area contributed by atoms with E-state index in [4.69, 9.17) is 16.3 Å². The van der Waals surface area contributed by atoms with Crippen molar-refractivity contribution in [3.63, 3.8) is 0 Å². The lowest BCUT2D eigenvalue weighted by atomic mass is 10.0. The standard InChI is InChI=1S/C33H42ClN3O5S/c1-4-6-21-35-33(39)31(24-26-12-8-7-9-13-26)36(25-27-14-10-15-28(34)23-27)32(38)16-11-22-37(43(3,40)41)29-17-19-30(20-18-29)42-5-2/h7-10,12-15,17-20,23,31H,4-6,11,16,21-22,24-25H2,1-3H3,(H,35,39)/t31-/m0/s1. The number of amides is 2. The Hall–Kier alpha value is -3.56. The van der Waals surface area contributed by atoms with Crippen molar-refractivity contribution < 1.29 is 22.7 Å². The van der Waals surface area contributed by atoms with Crippen molar-refractivity contribution in [3.05, 3.63) is 95.0 Å². The highest BCUT2D eigenvalue weighted by molar-refractivity contribution is 7.92. The Kier molecular flexibility index (Phi) is 13.3. The molecule has 3 rings (SSSR count). The van der Waals surface area contributed by atoms with E-state index in [9.17, 15) is 18.0 Å². The minimum atomic E-state index is -3.61. The van der Waals surface area contributed by atoms with Crippen molar-refractivity contribution >= 4 is 39.1 Å². The summed E-state index contributed by atoms with van der Waals surface area (Å²) >= 11 is 6.26. The summed E-state index contributed by atoms with van der Waals surface area (Å²) in [7, 11) is -3.61. The molecular weight excluding hydrogens is 586 g/mol. The van der Waals surface area contributed by atoms with Crippen LogP contribution in [0, 0.1) is 0 Å². The van der Waals surface area contributed by atoms with Crippen LogP contribution >= 0.6 is 11.6 Å². The predicted octanol–water partition coefficient (Wildman–Crippen LogP) is 5.84. The Labute approximate surface area is 261 Å². The summed E-state index contributed by atoms with van der Waals surface area (Å²) in [4.78, 5) is 29.1. The third-order valence-corrected chi connectivity index (χ3v) is 8.36. The summed E-state index contributed by atoms with van der Waals surface area (Å²) in [5.74, 6) is 0.180. The average Bonchev–Trinajstić information content (AvgIpc) is 2.98. The van der Waals surface area contributed by atoms with Crippen molar-refractivity contribution in [2.75, 3.05) is 30.3 Å². The van der Waals surface area contributed by atoms with Gasteiger partial charge in [0, 0.05) is 37.5 Å². The molecule has 0 saturated heterocycles. The van der Waals surface area contributed by atoms with Crippen molar-refractivity contribution in [1.82, 2.24) is 10.2 Å². The fourth-order valence-corrected chi connectivity index (χ4v) is 5.95. The summed E-state index contributed by atoms with van der Waals surface area (Å²) in [6.45, 7) is 5.25. The molecule has 0 aliphatic carbocycles. The summed E-state index contributed by atoms with van der Waals surface area (Å²) < 4.78 is 32.1. The van der Waals surface area contributed by atoms with E-state index in [1.807, 2.05) is 49.4 Å². The second-order valence-electron chi connectivity index (χ2n) is 10.4. The number of benzene rings is 3.